The maximum atomic E-state index is 12.8. The minimum atomic E-state index is -1.42. The van der Waals surface area contributed by atoms with Gasteiger partial charge in [0.05, 0.1) is 5.69 Å². The number of hydrogen-bond donors (Lipinski definition) is 0. The second-order valence-electron chi connectivity index (χ2n) is 2.46. The number of aromatic nitrogens is 1. The number of halogens is 3. The average Bonchev–Trinajstić information content (AvgIpc) is 1.96. The third kappa shape index (κ3) is 1.49. The summed E-state index contributed by atoms with van der Waals surface area (Å²) < 4.78 is 37.7. The third-order valence-corrected chi connectivity index (χ3v) is 1.35. The Kier molecular flexibility index (Phi) is 2.21. The van der Waals surface area contributed by atoms with Crippen LogP contribution < -0.4 is 4.90 Å². The van der Waals surface area contributed by atoms with Crippen molar-refractivity contribution in [1.82, 2.24) is 4.98 Å². The lowest BCUT2D eigenvalue weighted by atomic mass is 10.3. The van der Waals surface area contributed by atoms with Crippen LogP contribution in [0.25, 0.3) is 0 Å². The van der Waals surface area contributed by atoms with Crippen LogP contribution in [0.4, 0.5) is 18.9 Å². The molecule has 0 saturated heterocycles. The Morgan fingerprint density at radius 2 is 1.83 bits per heavy atom. The van der Waals surface area contributed by atoms with Gasteiger partial charge in [0.15, 0.2) is 0 Å². The van der Waals surface area contributed by atoms with E-state index in [4.69, 9.17) is 0 Å². The smallest absolute Gasteiger partial charge is 0.253 e. The fourth-order valence-corrected chi connectivity index (χ4v) is 0.782. The van der Waals surface area contributed by atoms with E-state index in [1.165, 1.54) is 19.0 Å². The number of nitrogens with zero attached hydrogens (tertiary/aromatic N) is 2. The molecule has 0 N–H and O–H groups in total. The standard InChI is InChI=1S/C7H7F3N2/c1-12(2)4-3-5(8)11-7(10)6(4)9/h3H,1-2H3. The van der Waals surface area contributed by atoms with E-state index in [2.05, 4.69) is 4.98 Å². The van der Waals surface area contributed by atoms with Gasteiger partial charge in [-0.15, -0.1) is 0 Å². The molecule has 1 aromatic rings. The minimum Gasteiger partial charge on any atom is -0.375 e. The van der Waals surface area contributed by atoms with Gasteiger partial charge in [-0.05, 0) is 0 Å². The molecule has 0 saturated carbocycles. The Morgan fingerprint density at radius 1 is 1.25 bits per heavy atom. The summed E-state index contributed by atoms with van der Waals surface area (Å²) in [4.78, 5) is 3.95. The van der Waals surface area contributed by atoms with Gasteiger partial charge in [0.1, 0.15) is 0 Å². The number of anilines is 1. The first-order valence-corrected chi connectivity index (χ1v) is 3.21. The molecule has 1 rings (SSSR count). The summed E-state index contributed by atoms with van der Waals surface area (Å²) in [6.45, 7) is 0. The van der Waals surface area contributed by atoms with E-state index < -0.39 is 17.7 Å². The highest BCUT2D eigenvalue weighted by atomic mass is 19.2. The Morgan fingerprint density at radius 3 is 2.33 bits per heavy atom. The lowest BCUT2D eigenvalue weighted by molar-refractivity contribution is 0.448. The molecular weight excluding hydrogens is 169 g/mol. The van der Waals surface area contributed by atoms with Crippen LogP contribution in [-0.2, 0) is 0 Å². The van der Waals surface area contributed by atoms with Crippen LogP contribution in [0.3, 0.4) is 0 Å². The first-order valence-electron chi connectivity index (χ1n) is 3.21. The Labute approximate surface area is 67.6 Å². The summed E-state index contributed by atoms with van der Waals surface area (Å²) >= 11 is 0. The van der Waals surface area contributed by atoms with E-state index in [-0.39, 0.29) is 5.69 Å². The second-order valence-corrected chi connectivity index (χ2v) is 2.46. The van der Waals surface area contributed by atoms with Gasteiger partial charge in [0.25, 0.3) is 5.95 Å². The van der Waals surface area contributed by atoms with E-state index >= 15 is 0 Å². The fourth-order valence-electron chi connectivity index (χ4n) is 0.782. The lowest BCUT2D eigenvalue weighted by Gasteiger charge is -2.12. The van der Waals surface area contributed by atoms with Crippen molar-refractivity contribution in [2.24, 2.45) is 0 Å². The molecule has 0 atom stereocenters. The zero-order valence-electron chi connectivity index (χ0n) is 6.61. The van der Waals surface area contributed by atoms with Crippen molar-refractivity contribution in [1.29, 1.82) is 0 Å². The van der Waals surface area contributed by atoms with Gasteiger partial charge in [-0.25, -0.2) is 0 Å². The fraction of sp³-hybridized carbons (Fsp3) is 0.286. The summed E-state index contributed by atoms with van der Waals surface area (Å²) in [6.07, 6.45) is 0. The number of hydrogen-bond acceptors (Lipinski definition) is 2. The van der Waals surface area contributed by atoms with Crippen LogP contribution in [0, 0.1) is 17.7 Å². The van der Waals surface area contributed by atoms with Crippen LogP contribution in [0.1, 0.15) is 0 Å². The lowest BCUT2D eigenvalue weighted by Crippen LogP contribution is -2.13. The van der Waals surface area contributed by atoms with E-state index in [1.807, 2.05) is 0 Å². The zero-order chi connectivity index (χ0) is 9.30. The highest BCUT2D eigenvalue weighted by molar-refractivity contribution is 5.44. The van der Waals surface area contributed by atoms with Gasteiger partial charge in [0.2, 0.25) is 11.8 Å². The van der Waals surface area contributed by atoms with Gasteiger partial charge >= 0.3 is 0 Å². The van der Waals surface area contributed by atoms with Gasteiger partial charge in [0, 0.05) is 20.2 Å². The minimum absolute atomic E-state index is 0.153. The predicted molar refractivity (Wildman–Crippen MR) is 38.4 cm³/mol. The van der Waals surface area contributed by atoms with Crippen LogP contribution in [0.5, 0.6) is 0 Å². The van der Waals surface area contributed by atoms with Crippen molar-refractivity contribution in [3.63, 3.8) is 0 Å². The van der Waals surface area contributed by atoms with E-state index in [1.54, 1.807) is 0 Å². The van der Waals surface area contributed by atoms with E-state index in [9.17, 15) is 13.2 Å². The van der Waals surface area contributed by atoms with Crippen molar-refractivity contribution in [3.8, 4) is 0 Å². The second kappa shape index (κ2) is 3.00. The highest BCUT2D eigenvalue weighted by Crippen LogP contribution is 2.18. The molecule has 0 fully saturated rings. The van der Waals surface area contributed by atoms with Crippen molar-refractivity contribution in [3.05, 3.63) is 23.8 Å². The molecule has 0 amide bonds. The Hall–Kier alpha value is -1.26. The molecular formula is C7H7F3N2. The topological polar surface area (TPSA) is 16.1 Å². The molecule has 0 bridgehead atoms. The molecule has 0 radical (unpaired) electrons. The summed E-state index contributed by atoms with van der Waals surface area (Å²) in [7, 11) is 2.97. The molecule has 2 nitrogen and oxygen atoms in total. The first-order chi connectivity index (χ1) is 5.52. The van der Waals surface area contributed by atoms with Crippen LogP contribution in [-0.4, -0.2) is 19.1 Å². The van der Waals surface area contributed by atoms with Crippen molar-refractivity contribution in [2.45, 2.75) is 0 Å². The van der Waals surface area contributed by atoms with Crippen molar-refractivity contribution < 1.29 is 13.2 Å². The molecule has 0 unspecified atom stereocenters. The first kappa shape index (κ1) is 8.83. The maximum Gasteiger partial charge on any atom is 0.253 e. The van der Waals surface area contributed by atoms with Crippen LogP contribution in [0.15, 0.2) is 6.07 Å². The van der Waals surface area contributed by atoms with E-state index in [0.717, 1.165) is 6.07 Å². The van der Waals surface area contributed by atoms with Gasteiger partial charge in [-0.1, -0.05) is 0 Å². The molecule has 66 valence electrons. The van der Waals surface area contributed by atoms with Crippen LogP contribution >= 0.6 is 0 Å². The zero-order valence-corrected chi connectivity index (χ0v) is 6.61. The highest BCUT2D eigenvalue weighted by Gasteiger charge is 2.13. The average molecular weight is 176 g/mol. The quantitative estimate of drug-likeness (QED) is 0.604. The number of rotatable bonds is 1. The molecule has 0 aliphatic rings. The molecule has 5 heteroatoms. The summed E-state index contributed by atoms with van der Waals surface area (Å²) in [5.41, 5.74) is -0.153. The molecule has 1 heterocycles. The molecule has 1 aromatic heterocycles. The molecule has 0 spiro atoms. The van der Waals surface area contributed by atoms with Gasteiger partial charge < -0.3 is 4.90 Å². The summed E-state index contributed by atoms with van der Waals surface area (Å²) in [5, 5.41) is 0. The molecule has 12 heavy (non-hydrogen) atoms. The van der Waals surface area contributed by atoms with Crippen molar-refractivity contribution >= 4 is 5.69 Å². The van der Waals surface area contributed by atoms with Crippen molar-refractivity contribution in [2.75, 3.05) is 19.0 Å². The SMILES string of the molecule is CN(C)c1cc(F)nc(F)c1F. The van der Waals surface area contributed by atoms with Crippen LogP contribution in [0.2, 0.25) is 0 Å². The molecule has 0 aliphatic carbocycles. The van der Waals surface area contributed by atoms with E-state index in [0.29, 0.717) is 0 Å². The largest absolute Gasteiger partial charge is 0.375 e. The normalized spacial score (nSPS) is 10.1. The third-order valence-electron chi connectivity index (χ3n) is 1.35. The van der Waals surface area contributed by atoms with Gasteiger partial charge in [-0.2, -0.15) is 18.2 Å². The van der Waals surface area contributed by atoms with Gasteiger partial charge in [-0.3, -0.25) is 0 Å². The summed E-state index contributed by atoms with van der Waals surface area (Å²) in [6, 6.07) is 0.832. The predicted octanol–water partition coefficient (Wildman–Crippen LogP) is 1.56. The Bertz CT molecular complexity index is 299. The maximum absolute atomic E-state index is 12.8. The summed E-state index contributed by atoms with van der Waals surface area (Å²) in [5.74, 6) is -3.59. The Balaban J connectivity index is 3.28. The monoisotopic (exact) mass is 176 g/mol. The molecule has 0 aromatic carbocycles. The molecule has 0 aliphatic heterocycles. The number of pyridine rings is 1.